The van der Waals surface area contributed by atoms with Crippen LogP contribution in [0.3, 0.4) is 0 Å². The Morgan fingerprint density at radius 3 is 2.52 bits per heavy atom. The first-order valence-corrected chi connectivity index (χ1v) is 8.48. The molecule has 1 aromatic heterocycles. The summed E-state index contributed by atoms with van der Waals surface area (Å²) in [6, 6.07) is 7.33. The van der Waals surface area contributed by atoms with E-state index in [1.54, 1.807) is 6.08 Å². The van der Waals surface area contributed by atoms with E-state index >= 15 is 0 Å². The van der Waals surface area contributed by atoms with E-state index in [1.807, 2.05) is 30.5 Å². The third kappa shape index (κ3) is 3.17. The standard InChI is InChI=1S/C19H16F2N2OS/c1-4-8-23-15-9-11(2)12(3)10-16(15)25-19(23)22-18(24)17-13(20)6-5-7-14(17)21/h4-7,9-10H,1,8H2,2-3H3. The van der Waals surface area contributed by atoms with Gasteiger partial charge in [0.1, 0.15) is 17.2 Å². The van der Waals surface area contributed by atoms with Crippen LogP contribution >= 0.6 is 11.3 Å². The van der Waals surface area contributed by atoms with Crippen LogP contribution < -0.4 is 4.80 Å². The van der Waals surface area contributed by atoms with Crippen molar-refractivity contribution in [3.05, 3.63) is 76.1 Å². The summed E-state index contributed by atoms with van der Waals surface area (Å²) in [6.07, 6.45) is 1.69. The van der Waals surface area contributed by atoms with Crippen molar-refractivity contribution >= 4 is 27.5 Å². The Bertz CT molecular complexity index is 1040. The lowest BCUT2D eigenvalue weighted by atomic mass is 10.1. The fourth-order valence-electron chi connectivity index (χ4n) is 2.56. The maximum absolute atomic E-state index is 13.8. The van der Waals surface area contributed by atoms with Crippen LogP contribution in [0.15, 0.2) is 48.0 Å². The number of allylic oxidation sites excluding steroid dienone is 1. The van der Waals surface area contributed by atoms with E-state index < -0.39 is 23.1 Å². The molecule has 1 heterocycles. The zero-order valence-electron chi connectivity index (χ0n) is 13.8. The van der Waals surface area contributed by atoms with E-state index in [1.165, 1.54) is 17.4 Å². The Labute approximate surface area is 147 Å². The van der Waals surface area contributed by atoms with Crippen molar-refractivity contribution in [2.75, 3.05) is 0 Å². The van der Waals surface area contributed by atoms with Crippen LogP contribution in [0.1, 0.15) is 21.5 Å². The first kappa shape index (κ1) is 17.2. The number of hydrogen-bond acceptors (Lipinski definition) is 2. The fraction of sp³-hybridized carbons (Fsp3) is 0.158. The van der Waals surface area contributed by atoms with Crippen molar-refractivity contribution in [2.45, 2.75) is 20.4 Å². The largest absolute Gasteiger partial charge is 0.312 e. The maximum atomic E-state index is 13.8. The highest BCUT2D eigenvalue weighted by Gasteiger charge is 2.17. The van der Waals surface area contributed by atoms with Gasteiger partial charge in [0.25, 0.3) is 5.91 Å². The Morgan fingerprint density at radius 1 is 1.24 bits per heavy atom. The van der Waals surface area contributed by atoms with Crippen LogP contribution in [0.2, 0.25) is 0 Å². The molecule has 3 nitrogen and oxygen atoms in total. The molecule has 0 N–H and O–H groups in total. The number of amides is 1. The monoisotopic (exact) mass is 358 g/mol. The van der Waals surface area contributed by atoms with Crippen LogP contribution in [0.4, 0.5) is 8.78 Å². The van der Waals surface area contributed by atoms with Crippen molar-refractivity contribution in [1.82, 2.24) is 4.57 Å². The zero-order chi connectivity index (χ0) is 18.1. The van der Waals surface area contributed by atoms with Crippen molar-refractivity contribution < 1.29 is 13.6 Å². The number of halogens is 2. The summed E-state index contributed by atoms with van der Waals surface area (Å²) in [5.74, 6) is -2.78. The number of hydrogen-bond donors (Lipinski definition) is 0. The van der Waals surface area contributed by atoms with Crippen molar-refractivity contribution in [3.8, 4) is 0 Å². The fourth-order valence-corrected chi connectivity index (χ4v) is 3.67. The van der Waals surface area contributed by atoms with Crippen LogP contribution in [0.25, 0.3) is 10.2 Å². The smallest absolute Gasteiger partial charge is 0.285 e. The molecule has 1 amide bonds. The quantitative estimate of drug-likeness (QED) is 0.634. The molecule has 25 heavy (non-hydrogen) atoms. The third-order valence-corrected chi connectivity index (χ3v) is 5.02. The van der Waals surface area contributed by atoms with Gasteiger partial charge >= 0.3 is 0 Å². The molecule has 0 aliphatic heterocycles. The lowest BCUT2D eigenvalue weighted by Crippen LogP contribution is -2.17. The molecule has 0 spiro atoms. The number of benzene rings is 2. The van der Waals surface area contributed by atoms with E-state index in [2.05, 4.69) is 11.6 Å². The Kier molecular flexibility index (Phi) is 4.63. The second-order valence-corrected chi connectivity index (χ2v) is 6.71. The normalized spacial score (nSPS) is 11.9. The van der Waals surface area contributed by atoms with Gasteiger partial charge in [0.05, 0.1) is 10.2 Å². The molecule has 0 bridgehead atoms. The second kappa shape index (κ2) is 6.72. The molecule has 0 saturated heterocycles. The van der Waals surface area contributed by atoms with E-state index in [4.69, 9.17) is 0 Å². The summed E-state index contributed by atoms with van der Waals surface area (Å²) in [4.78, 5) is 16.7. The Morgan fingerprint density at radius 2 is 1.88 bits per heavy atom. The second-order valence-electron chi connectivity index (χ2n) is 5.70. The third-order valence-electron chi connectivity index (χ3n) is 3.98. The summed E-state index contributed by atoms with van der Waals surface area (Å²) in [5, 5.41) is 0. The maximum Gasteiger partial charge on any atom is 0.285 e. The van der Waals surface area contributed by atoms with E-state index in [9.17, 15) is 13.6 Å². The molecule has 0 aliphatic carbocycles. The SMILES string of the molecule is C=CCn1c(=NC(=O)c2c(F)cccc2F)sc2cc(C)c(C)cc21. The van der Waals surface area contributed by atoms with Gasteiger partial charge in [-0.15, -0.1) is 6.58 Å². The first-order valence-electron chi connectivity index (χ1n) is 7.67. The molecule has 3 aromatic rings. The summed E-state index contributed by atoms with van der Waals surface area (Å²) in [5.41, 5.74) is 2.50. The van der Waals surface area contributed by atoms with Crippen LogP contribution in [-0.2, 0) is 6.54 Å². The number of aromatic nitrogens is 1. The van der Waals surface area contributed by atoms with Gasteiger partial charge in [0.15, 0.2) is 4.80 Å². The molecule has 2 aromatic carbocycles. The lowest BCUT2D eigenvalue weighted by Gasteiger charge is -2.04. The van der Waals surface area contributed by atoms with E-state index in [0.717, 1.165) is 33.5 Å². The Balaban J connectivity index is 2.23. The predicted octanol–water partition coefficient (Wildman–Crippen LogP) is 4.52. The lowest BCUT2D eigenvalue weighted by molar-refractivity contribution is 0.0990. The van der Waals surface area contributed by atoms with E-state index in [0.29, 0.717) is 11.3 Å². The molecular formula is C19H16F2N2OS. The van der Waals surface area contributed by atoms with Gasteiger partial charge in [0, 0.05) is 6.54 Å². The highest BCUT2D eigenvalue weighted by molar-refractivity contribution is 7.16. The molecule has 0 radical (unpaired) electrons. The van der Waals surface area contributed by atoms with Gasteiger partial charge in [-0.1, -0.05) is 23.5 Å². The molecule has 0 atom stereocenters. The van der Waals surface area contributed by atoms with Gasteiger partial charge in [0.2, 0.25) is 0 Å². The molecular weight excluding hydrogens is 342 g/mol. The highest BCUT2D eigenvalue weighted by Crippen LogP contribution is 2.22. The number of nitrogens with zero attached hydrogens (tertiary/aromatic N) is 2. The Hall–Kier alpha value is -2.60. The zero-order valence-corrected chi connectivity index (χ0v) is 14.7. The van der Waals surface area contributed by atoms with Crippen molar-refractivity contribution in [1.29, 1.82) is 0 Å². The summed E-state index contributed by atoms with van der Waals surface area (Å²) in [6.45, 7) is 8.17. The number of thiazole rings is 1. The number of aryl methyl sites for hydroxylation is 2. The van der Waals surface area contributed by atoms with Gasteiger partial charge in [-0.05, 0) is 49.2 Å². The molecule has 6 heteroatoms. The summed E-state index contributed by atoms with van der Waals surface area (Å²) < 4.78 is 30.4. The minimum absolute atomic E-state index is 0.382. The molecule has 0 unspecified atom stereocenters. The summed E-state index contributed by atoms with van der Waals surface area (Å²) in [7, 11) is 0. The van der Waals surface area contributed by atoms with Crippen LogP contribution in [0, 0.1) is 25.5 Å². The van der Waals surface area contributed by atoms with E-state index in [-0.39, 0.29) is 0 Å². The van der Waals surface area contributed by atoms with Gasteiger partial charge in [-0.3, -0.25) is 4.79 Å². The van der Waals surface area contributed by atoms with Crippen molar-refractivity contribution in [2.24, 2.45) is 4.99 Å². The highest BCUT2D eigenvalue weighted by atomic mass is 32.1. The van der Waals surface area contributed by atoms with Crippen LogP contribution in [-0.4, -0.2) is 10.5 Å². The van der Waals surface area contributed by atoms with Crippen LogP contribution in [0.5, 0.6) is 0 Å². The average molecular weight is 358 g/mol. The summed E-state index contributed by atoms with van der Waals surface area (Å²) >= 11 is 1.30. The number of carbonyl (C=O) groups is 1. The molecule has 128 valence electrons. The molecule has 0 aliphatic rings. The topological polar surface area (TPSA) is 34.4 Å². The number of carbonyl (C=O) groups excluding carboxylic acids is 1. The average Bonchev–Trinajstić information content (AvgIpc) is 2.85. The van der Waals surface area contributed by atoms with Crippen molar-refractivity contribution in [3.63, 3.8) is 0 Å². The predicted molar refractivity (Wildman–Crippen MR) is 95.7 cm³/mol. The minimum Gasteiger partial charge on any atom is -0.312 e. The number of rotatable bonds is 3. The molecule has 0 fully saturated rings. The van der Waals surface area contributed by atoms with Gasteiger partial charge in [-0.25, -0.2) is 8.78 Å². The van der Waals surface area contributed by atoms with Gasteiger partial charge in [-0.2, -0.15) is 4.99 Å². The molecule has 3 rings (SSSR count). The van der Waals surface area contributed by atoms with Gasteiger partial charge < -0.3 is 4.57 Å². The minimum atomic E-state index is -0.937. The number of fused-ring (bicyclic) bond motifs is 1. The molecule has 0 saturated carbocycles. The first-order chi connectivity index (χ1) is 11.9.